The normalized spacial score (nSPS) is 12.3. The van der Waals surface area contributed by atoms with Crippen LogP contribution in [0, 0.1) is 0 Å². The summed E-state index contributed by atoms with van der Waals surface area (Å²) in [5.74, 6) is 0. The first-order valence-corrected chi connectivity index (χ1v) is 17.4. The van der Waals surface area contributed by atoms with Crippen LogP contribution in [0.4, 0.5) is 0 Å². The fourth-order valence-corrected chi connectivity index (χ4v) is 6.74. The standard InChI is InChI=1S/C41H48N4/c1-4-7-11-18-30-33-21-23-35(42-33)31(19-12-8-5-2)37-25-27-39(44-37)41(29-16-14-10-15-17-29)40-28-26-38(45-40)32(20-13-9-6-3)36-24-22-34(30)43-36/h10,14-17,21-28,42,45H,4-9,11-13,18-20H2,1-3H3. The summed E-state index contributed by atoms with van der Waals surface area (Å²) < 4.78 is 0. The number of aryl methyl sites for hydroxylation is 3. The molecule has 6 rings (SSSR count). The maximum absolute atomic E-state index is 5.36. The van der Waals surface area contributed by atoms with Crippen molar-refractivity contribution in [1.82, 2.24) is 19.9 Å². The van der Waals surface area contributed by atoms with Gasteiger partial charge in [0.25, 0.3) is 0 Å². The molecule has 0 spiro atoms. The number of nitrogens with zero attached hydrogens (tertiary/aromatic N) is 2. The third kappa shape index (κ3) is 6.91. The molecule has 0 amide bonds. The zero-order valence-electron chi connectivity index (χ0n) is 27.4. The van der Waals surface area contributed by atoms with Crippen LogP contribution in [0.5, 0.6) is 0 Å². The molecule has 0 saturated heterocycles. The average molecular weight is 597 g/mol. The van der Waals surface area contributed by atoms with Gasteiger partial charge in [0.1, 0.15) is 0 Å². The lowest BCUT2D eigenvalue weighted by Crippen LogP contribution is -1.95. The molecule has 45 heavy (non-hydrogen) atoms. The Hall–Kier alpha value is -4.18. The number of rotatable bonds is 13. The van der Waals surface area contributed by atoms with Crippen LogP contribution >= 0.6 is 0 Å². The minimum atomic E-state index is 0.998. The van der Waals surface area contributed by atoms with E-state index in [-0.39, 0.29) is 0 Å². The van der Waals surface area contributed by atoms with Gasteiger partial charge in [-0.25, -0.2) is 9.97 Å². The van der Waals surface area contributed by atoms with E-state index in [1.807, 2.05) is 0 Å². The van der Waals surface area contributed by atoms with Gasteiger partial charge in [0.2, 0.25) is 0 Å². The van der Waals surface area contributed by atoms with Gasteiger partial charge in [-0.05, 0) is 92.7 Å². The zero-order valence-corrected chi connectivity index (χ0v) is 27.4. The molecular weight excluding hydrogens is 548 g/mol. The Bertz CT molecular complexity index is 1830. The molecule has 5 heterocycles. The lowest BCUT2D eigenvalue weighted by atomic mass is 10.0. The van der Waals surface area contributed by atoms with Gasteiger partial charge >= 0.3 is 0 Å². The van der Waals surface area contributed by atoms with Crippen LogP contribution in [0.15, 0.2) is 54.6 Å². The number of unbranched alkanes of at least 4 members (excludes halogenated alkanes) is 6. The third-order valence-electron chi connectivity index (χ3n) is 9.23. The number of H-pyrrole nitrogens is 2. The van der Waals surface area contributed by atoms with E-state index in [0.717, 1.165) is 77.9 Å². The van der Waals surface area contributed by atoms with Crippen LogP contribution in [0.3, 0.4) is 0 Å². The molecule has 2 N–H and O–H groups in total. The van der Waals surface area contributed by atoms with Gasteiger partial charge in [-0.15, -0.1) is 0 Å². The molecule has 4 heteroatoms. The van der Waals surface area contributed by atoms with E-state index in [2.05, 4.69) is 110 Å². The van der Waals surface area contributed by atoms with Gasteiger partial charge in [-0.2, -0.15) is 0 Å². The fourth-order valence-electron chi connectivity index (χ4n) is 6.74. The topological polar surface area (TPSA) is 57.4 Å². The Balaban J connectivity index is 1.69. The van der Waals surface area contributed by atoms with Crippen molar-refractivity contribution in [2.24, 2.45) is 0 Å². The fraction of sp³-hybridized carbons (Fsp3) is 0.366. The number of fused-ring (bicyclic) bond motifs is 8. The maximum atomic E-state index is 5.36. The summed E-state index contributed by atoms with van der Waals surface area (Å²) in [7, 11) is 0. The maximum Gasteiger partial charge on any atom is 0.0737 e. The first-order valence-electron chi connectivity index (χ1n) is 17.4. The van der Waals surface area contributed by atoms with E-state index in [4.69, 9.17) is 9.97 Å². The predicted molar refractivity (Wildman–Crippen MR) is 194 cm³/mol. The molecule has 3 aromatic heterocycles. The predicted octanol–water partition coefficient (Wildman–Crippen LogP) is 11.5. The van der Waals surface area contributed by atoms with E-state index in [9.17, 15) is 0 Å². The van der Waals surface area contributed by atoms with Crippen molar-refractivity contribution in [3.63, 3.8) is 0 Å². The van der Waals surface area contributed by atoms with Crippen LogP contribution in [-0.4, -0.2) is 19.9 Å². The lowest BCUT2D eigenvalue weighted by molar-refractivity contribution is 0.715. The molecule has 1 aromatic carbocycles. The second kappa shape index (κ2) is 14.7. The van der Waals surface area contributed by atoms with Gasteiger partial charge in [0.15, 0.2) is 0 Å². The highest BCUT2D eigenvalue weighted by Gasteiger charge is 2.16. The van der Waals surface area contributed by atoms with Gasteiger partial charge in [-0.1, -0.05) is 89.6 Å². The van der Waals surface area contributed by atoms with Crippen molar-refractivity contribution in [1.29, 1.82) is 0 Å². The highest BCUT2D eigenvalue weighted by atomic mass is 14.8. The molecule has 232 valence electrons. The van der Waals surface area contributed by atoms with E-state index in [1.54, 1.807) is 0 Å². The molecule has 2 aliphatic rings. The number of benzene rings is 1. The summed E-state index contributed by atoms with van der Waals surface area (Å²) in [4.78, 5) is 18.4. The first-order chi connectivity index (χ1) is 22.2. The molecule has 0 unspecified atom stereocenters. The van der Waals surface area contributed by atoms with Gasteiger partial charge in [-0.3, -0.25) is 0 Å². The van der Waals surface area contributed by atoms with Crippen LogP contribution in [0.25, 0.3) is 57.5 Å². The molecule has 2 aliphatic heterocycles. The summed E-state index contributed by atoms with van der Waals surface area (Å²) in [6.07, 6.45) is 22.6. The number of hydrogen-bond acceptors (Lipinski definition) is 2. The number of aromatic amines is 2. The Labute approximate surface area is 268 Å². The Kier molecular flexibility index (Phi) is 10.1. The monoisotopic (exact) mass is 596 g/mol. The highest BCUT2D eigenvalue weighted by Crippen LogP contribution is 2.33. The SMILES string of the molecule is CCCCCc1c2nc(c(CCCCC)c3ccc([nH]3)c(-c3ccccc3)c3nc(c(CCCCC)c4ccc1[nH]4)C=C3)C=C2. The lowest BCUT2D eigenvalue weighted by Gasteiger charge is -2.06. The average Bonchev–Trinajstić information content (AvgIpc) is 3.89. The van der Waals surface area contributed by atoms with Crippen LogP contribution in [0.2, 0.25) is 0 Å². The van der Waals surface area contributed by atoms with E-state index in [1.165, 1.54) is 71.8 Å². The Morgan fingerprint density at radius 3 is 1.31 bits per heavy atom. The van der Waals surface area contributed by atoms with Gasteiger partial charge in [0.05, 0.1) is 22.8 Å². The van der Waals surface area contributed by atoms with E-state index >= 15 is 0 Å². The minimum Gasteiger partial charge on any atom is -0.355 e. The molecule has 0 saturated carbocycles. The van der Waals surface area contributed by atoms with E-state index < -0.39 is 0 Å². The summed E-state index contributed by atoms with van der Waals surface area (Å²) in [5.41, 5.74) is 15.1. The van der Waals surface area contributed by atoms with Crippen LogP contribution < -0.4 is 0 Å². The molecule has 4 nitrogen and oxygen atoms in total. The van der Waals surface area contributed by atoms with Gasteiger partial charge in [0, 0.05) is 44.3 Å². The summed E-state index contributed by atoms with van der Waals surface area (Å²) in [5, 5.41) is 0. The Morgan fingerprint density at radius 1 is 0.444 bits per heavy atom. The van der Waals surface area contributed by atoms with Crippen molar-refractivity contribution in [2.45, 2.75) is 97.8 Å². The quantitative estimate of drug-likeness (QED) is 0.130. The minimum absolute atomic E-state index is 0.998. The second-order valence-electron chi connectivity index (χ2n) is 12.6. The van der Waals surface area contributed by atoms with Crippen molar-refractivity contribution >= 4 is 46.4 Å². The van der Waals surface area contributed by atoms with Crippen molar-refractivity contribution in [3.8, 4) is 11.1 Å². The van der Waals surface area contributed by atoms with Crippen molar-refractivity contribution < 1.29 is 0 Å². The second-order valence-corrected chi connectivity index (χ2v) is 12.6. The highest BCUT2D eigenvalue weighted by molar-refractivity contribution is 5.92. The van der Waals surface area contributed by atoms with Crippen molar-refractivity contribution in [2.75, 3.05) is 0 Å². The smallest absolute Gasteiger partial charge is 0.0737 e. The molecule has 0 aliphatic carbocycles. The molecule has 4 aromatic rings. The number of nitrogens with one attached hydrogen (secondary N) is 2. The largest absolute Gasteiger partial charge is 0.355 e. The summed E-state index contributed by atoms with van der Waals surface area (Å²) in [6.45, 7) is 6.81. The zero-order chi connectivity index (χ0) is 31.0. The van der Waals surface area contributed by atoms with Gasteiger partial charge < -0.3 is 9.97 Å². The summed E-state index contributed by atoms with van der Waals surface area (Å²) >= 11 is 0. The molecule has 8 bridgehead atoms. The third-order valence-corrected chi connectivity index (χ3v) is 9.23. The number of hydrogen-bond donors (Lipinski definition) is 2. The van der Waals surface area contributed by atoms with Crippen LogP contribution in [-0.2, 0) is 19.3 Å². The molecule has 0 fully saturated rings. The molecule has 0 radical (unpaired) electrons. The van der Waals surface area contributed by atoms with E-state index in [0.29, 0.717) is 0 Å². The number of aromatic nitrogens is 4. The first kappa shape index (κ1) is 30.8. The molecule has 0 atom stereocenters. The summed E-state index contributed by atoms with van der Waals surface area (Å²) in [6, 6.07) is 19.7. The van der Waals surface area contributed by atoms with Crippen LogP contribution in [0.1, 0.15) is 118 Å². The molecular formula is C41H48N4. The van der Waals surface area contributed by atoms with Crippen molar-refractivity contribution in [3.05, 3.63) is 94.1 Å². The Morgan fingerprint density at radius 2 is 0.844 bits per heavy atom.